The van der Waals surface area contributed by atoms with Crippen LogP contribution in [0.25, 0.3) is 0 Å². The fraction of sp³-hybridized carbons (Fsp3) is 0.538. The molecule has 0 saturated heterocycles. The molecule has 1 aliphatic carbocycles. The van der Waals surface area contributed by atoms with Crippen molar-refractivity contribution in [2.45, 2.75) is 31.4 Å². The number of pyridine rings is 1. The fourth-order valence-corrected chi connectivity index (χ4v) is 4.81. The molecule has 116 valence electrons. The number of hydrogen-bond donors (Lipinski definition) is 1. The maximum atomic E-state index is 12.5. The average molecular weight is 377 g/mol. The third-order valence-corrected chi connectivity index (χ3v) is 5.91. The minimum Gasteiger partial charge on any atom is -0.469 e. The first-order chi connectivity index (χ1) is 9.85. The predicted octanol–water partition coefficient (Wildman–Crippen LogP) is 2.24. The summed E-state index contributed by atoms with van der Waals surface area (Å²) >= 11 is 3.28. The Morgan fingerprint density at radius 2 is 2.19 bits per heavy atom. The summed E-state index contributed by atoms with van der Waals surface area (Å²) < 4.78 is 33.0. The van der Waals surface area contributed by atoms with E-state index in [1.54, 1.807) is 13.0 Å². The quantitative estimate of drug-likeness (QED) is 0.814. The van der Waals surface area contributed by atoms with E-state index in [1.165, 1.54) is 13.3 Å². The number of nitrogens with one attached hydrogen (secondary N) is 1. The third-order valence-electron chi connectivity index (χ3n) is 3.64. The van der Waals surface area contributed by atoms with E-state index in [0.29, 0.717) is 24.8 Å². The minimum atomic E-state index is -3.68. The number of methoxy groups -OCH3 is 1. The predicted molar refractivity (Wildman–Crippen MR) is 82.4 cm³/mol. The molecular weight excluding hydrogens is 360 g/mol. The molecule has 1 fully saturated rings. The van der Waals surface area contributed by atoms with Crippen LogP contribution in [0.2, 0.25) is 0 Å². The van der Waals surface area contributed by atoms with Gasteiger partial charge in [-0.2, -0.15) is 0 Å². The van der Waals surface area contributed by atoms with Crippen molar-refractivity contribution in [2.75, 3.05) is 11.8 Å². The van der Waals surface area contributed by atoms with Crippen molar-refractivity contribution in [2.24, 2.45) is 5.92 Å². The standard InChI is InChI=1S/C13H17BrN2O4S/c1-8-6-9(14)7-15-12(8)16-21(18,19)11-5-3-4-10(11)13(17)20-2/h6-7,10-11H,3-5H2,1-2H3,(H,15,16). The molecule has 1 heterocycles. The molecule has 2 rings (SSSR count). The molecule has 1 aromatic rings. The second kappa shape index (κ2) is 6.31. The van der Waals surface area contributed by atoms with Gasteiger partial charge < -0.3 is 4.74 Å². The number of carbonyl (C=O) groups is 1. The van der Waals surface area contributed by atoms with Crippen LogP contribution in [0.4, 0.5) is 5.82 Å². The average Bonchev–Trinajstić information content (AvgIpc) is 2.91. The van der Waals surface area contributed by atoms with E-state index in [2.05, 4.69) is 25.6 Å². The lowest BCUT2D eigenvalue weighted by atomic mass is 10.1. The highest BCUT2D eigenvalue weighted by Crippen LogP contribution is 2.33. The van der Waals surface area contributed by atoms with Gasteiger partial charge in [-0.05, 0) is 47.3 Å². The first-order valence-electron chi connectivity index (χ1n) is 6.56. The zero-order valence-electron chi connectivity index (χ0n) is 11.8. The largest absolute Gasteiger partial charge is 0.469 e. The summed E-state index contributed by atoms with van der Waals surface area (Å²) in [6, 6.07) is 1.78. The lowest BCUT2D eigenvalue weighted by Crippen LogP contribution is -2.35. The Morgan fingerprint density at radius 1 is 1.48 bits per heavy atom. The van der Waals surface area contributed by atoms with Crippen LogP contribution in [0.5, 0.6) is 0 Å². The Balaban J connectivity index is 2.23. The van der Waals surface area contributed by atoms with Gasteiger partial charge in [-0.15, -0.1) is 0 Å². The van der Waals surface area contributed by atoms with Gasteiger partial charge in [0.25, 0.3) is 0 Å². The van der Waals surface area contributed by atoms with Gasteiger partial charge in [-0.25, -0.2) is 13.4 Å². The number of ether oxygens (including phenoxy) is 1. The molecule has 0 spiro atoms. The molecule has 2 atom stereocenters. The van der Waals surface area contributed by atoms with Gasteiger partial charge in [0.2, 0.25) is 10.0 Å². The summed E-state index contributed by atoms with van der Waals surface area (Å²) in [5.41, 5.74) is 0.709. The lowest BCUT2D eigenvalue weighted by Gasteiger charge is -2.19. The van der Waals surface area contributed by atoms with Crippen molar-refractivity contribution >= 4 is 37.7 Å². The molecule has 0 aliphatic heterocycles. The van der Waals surface area contributed by atoms with Crippen LogP contribution in [-0.2, 0) is 19.6 Å². The van der Waals surface area contributed by atoms with Gasteiger partial charge in [0.15, 0.2) is 0 Å². The van der Waals surface area contributed by atoms with Crippen LogP contribution in [0.1, 0.15) is 24.8 Å². The highest BCUT2D eigenvalue weighted by molar-refractivity contribution is 9.10. The SMILES string of the molecule is COC(=O)C1CCCC1S(=O)(=O)Nc1ncc(Br)cc1C. The number of carbonyl (C=O) groups excluding carboxylic acids is 1. The van der Waals surface area contributed by atoms with Gasteiger partial charge in [-0.1, -0.05) is 6.42 Å². The number of nitrogens with zero attached hydrogens (tertiary/aromatic N) is 1. The molecule has 6 nitrogen and oxygen atoms in total. The van der Waals surface area contributed by atoms with Crippen LogP contribution in [0.15, 0.2) is 16.7 Å². The number of aromatic nitrogens is 1. The van der Waals surface area contributed by atoms with Crippen LogP contribution < -0.4 is 4.72 Å². The Morgan fingerprint density at radius 3 is 2.81 bits per heavy atom. The number of rotatable bonds is 4. The van der Waals surface area contributed by atoms with E-state index in [1.807, 2.05) is 0 Å². The molecule has 1 saturated carbocycles. The Hall–Kier alpha value is -1.15. The first-order valence-corrected chi connectivity index (χ1v) is 8.90. The van der Waals surface area contributed by atoms with Gasteiger partial charge in [0.1, 0.15) is 5.82 Å². The summed E-state index contributed by atoms with van der Waals surface area (Å²) in [5, 5.41) is -0.769. The van der Waals surface area contributed by atoms with E-state index in [9.17, 15) is 13.2 Å². The number of halogens is 1. The van der Waals surface area contributed by atoms with E-state index in [-0.39, 0.29) is 5.82 Å². The van der Waals surface area contributed by atoms with E-state index in [0.717, 1.165) is 4.47 Å². The number of hydrogen-bond acceptors (Lipinski definition) is 5. The summed E-state index contributed by atoms with van der Waals surface area (Å²) in [5.74, 6) is -0.791. The smallest absolute Gasteiger partial charge is 0.310 e. The second-order valence-corrected chi connectivity index (χ2v) is 7.88. The summed E-state index contributed by atoms with van der Waals surface area (Å²) in [7, 11) is -2.41. The van der Waals surface area contributed by atoms with Gasteiger partial charge in [0, 0.05) is 10.7 Å². The van der Waals surface area contributed by atoms with E-state index in [4.69, 9.17) is 4.74 Å². The lowest BCUT2D eigenvalue weighted by molar-refractivity contribution is -0.145. The van der Waals surface area contributed by atoms with Crippen molar-refractivity contribution in [1.29, 1.82) is 0 Å². The van der Waals surface area contributed by atoms with Crippen LogP contribution in [0, 0.1) is 12.8 Å². The van der Waals surface area contributed by atoms with Crippen molar-refractivity contribution < 1.29 is 17.9 Å². The maximum Gasteiger partial charge on any atom is 0.310 e. The Labute approximate surface area is 132 Å². The zero-order valence-corrected chi connectivity index (χ0v) is 14.2. The topological polar surface area (TPSA) is 85.4 Å². The maximum absolute atomic E-state index is 12.5. The molecule has 0 amide bonds. The molecule has 1 aliphatic rings. The van der Waals surface area contributed by atoms with Gasteiger partial charge in [-0.3, -0.25) is 9.52 Å². The van der Waals surface area contributed by atoms with Gasteiger partial charge >= 0.3 is 5.97 Å². The van der Waals surface area contributed by atoms with E-state index >= 15 is 0 Å². The van der Waals surface area contributed by atoms with Crippen molar-refractivity contribution in [3.63, 3.8) is 0 Å². The Kier molecular flexibility index (Phi) is 4.88. The molecule has 21 heavy (non-hydrogen) atoms. The molecule has 0 radical (unpaired) electrons. The molecular formula is C13H17BrN2O4S. The third kappa shape index (κ3) is 3.55. The number of sulfonamides is 1. The molecule has 2 unspecified atom stereocenters. The number of aryl methyl sites for hydroxylation is 1. The Bertz CT molecular complexity index is 648. The first kappa shape index (κ1) is 16.2. The highest BCUT2D eigenvalue weighted by Gasteiger charge is 2.42. The van der Waals surface area contributed by atoms with E-state index < -0.39 is 27.2 Å². The molecule has 0 aromatic carbocycles. The molecule has 0 bridgehead atoms. The minimum absolute atomic E-state index is 0.286. The zero-order chi connectivity index (χ0) is 15.6. The van der Waals surface area contributed by atoms with Gasteiger partial charge in [0.05, 0.1) is 18.3 Å². The number of esters is 1. The van der Waals surface area contributed by atoms with Crippen molar-refractivity contribution in [3.05, 3.63) is 22.3 Å². The summed E-state index contributed by atoms with van der Waals surface area (Å²) in [4.78, 5) is 15.8. The molecule has 1 N–H and O–H groups in total. The van der Waals surface area contributed by atoms with Crippen molar-refractivity contribution in [1.82, 2.24) is 4.98 Å². The summed E-state index contributed by atoms with van der Waals surface area (Å²) in [6.07, 6.45) is 3.20. The van der Waals surface area contributed by atoms with Crippen LogP contribution in [0.3, 0.4) is 0 Å². The van der Waals surface area contributed by atoms with Crippen molar-refractivity contribution in [3.8, 4) is 0 Å². The summed E-state index contributed by atoms with van der Waals surface area (Å²) in [6.45, 7) is 1.77. The monoisotopic (exact) mass is 376 g/mol. The van der Waals surface area contributed by atoms with Crippen LogP contribution >= 0.6 is 15.9 Å². The molecule has 8 heteroatoms. The second-order valence-electron chi connectivity index (χ2n) is 5.07. The normalized spacial score (nSPS) is 22.0. The fourth-order valence-electron chi connectivity index (χ4n) is 2.58. The molecule has 1 aromatic heterocycles. The number of anilines is 1. The highest BCUT2D eigenvalue weighted by atomic mass is 79.9. The van der Waals surface area contributed by atoms with Crippen LogP contribution in [-0.4, -0.2) is 31.7 Å².